The van der Waals surface area contributed by atoms with Gasteiger partial charge in [-0.05, 0) is 42.4 Å². The molecule has 0 aliphatic heterocycles. The predicted molar refractivity (Wildman–Crippen MR) is 80.3 cm³/mol. The summed E-state index contributed by atoms with van der Waals surface area (Å²) in [5, 5.41) is 3.91. The Morgan fingerprint density at radius 3 is 2.30 bits per heavy atom. The van der Waals surface area contributed by atoms with Crippen molar-refractivity contribution in [3.05, 3.63) is 57.8 Å². The summed E-state index contributed by atoms with van der Waals surface area (Å²) in [5.41, 5.74) is 1.06. The molecule has 0 radical (unpaired) electrons. The minimum absolute atomic E-state index is 0.206. The van der Waals surface area contributed by atoms with Crippen LogP contribution in [0.2, 0.25) is 10.0 Å². The summed E-state index contributed by atoms with van der Waals surface area (Å²) in [6.45, 7) is 3.67. The third-order valence-electron chi connectivity index (χ3n) is 2.69. The van der Waals surface area contributed by atoms with Crippen molar-refractivity contribution in [2.75, 3.05) is 6.54 Å². The Morgan fingerprint density at radius 1 is 1.05 bits per heavy atom. The van der Waals surface area contributed by atoms with Gasteiger partial charge in [0.05, 0.1) is 10.0 Å². The predicted octanol–water partition coefficient (Wildman–Crippen LogP) is 5.03. The monoisotopic (exact) mass is 313 g/mol. The minimum Gasteiger partial charge on any atom is -0.454 e. The summed E-state index contributed by atoms with van der Waals surface area (Å²) in [6, 6.07) is 9.48. The van der Waals surface area contributed by atoms with Crippen molar-refractivity contribution in [2.24, 2.45) is 0 Å². The molecular weight excluding hydrogens is 300 g/mol. The third kappa shape index (κ3) is 3.85. The zero-order chi connectivity index (χ0) is 14.5. The summed E-state index contributed by atoms with van der Waals surface area (Å²) in [5.74, 6) is 0.448. The quantitative estimate of drug-likeness (QED) is 0.835. The van der Waals surface area contributed by atoms with Crippen molar-refractivity contribution in [2.45, 2.75) is 13.5 Å². The van der Waals surface area contributed by atoms with Crippen molar-refractivity contribution in [1.29, 1.82) is 0 Å². The molecule has 0 fully saturated rings. The summed E-state index contributed by atoms with van der Waals surface area (Å²) in [4.78, 5) is 0. The van der Waals surface area contributed by atoms with Gasteiger partial charge in [0, 0.05) is 6.54 Å². The molecule has 106 valence electrons. The molecule has 2 aromatic carbocycles. The van der Waals surface area contributed by atoms with Gasteiger partial charge in [0.15, 0.2) is 0 Å². The normalized spacial score (nSPS) is 10.6. The first-order valence-electron chi connectivity index (χ1n) is 6.22. The number of rotatable bonds is 5. The highest BCUT2D eigenvalue weighted by Crippen LogP contribution is 2.34. The smallest absolute Gasteiger partial charge is 0.146 e. The molecule has 0 aliphatic carbocycles. The largest absolute Gasteiger partial charge is 0.454 e. The molecule has 0 amide bonds. The molecular formula is C15H14Cl2FNO. The van der Waals surface area contributed by atoms with Crippen LogP contribution in [0, 0.1) is 5.82 Å². The highest BCUT2D eigenvalue weighted by Gasteiger charge is 2.08. The zero-order valence-electron chi connectivity index (χ0n) is 10.9. The number of hydrogen-bond donors (Lipinski definition) is 1. The van der Waals surface area contributed by atoms with Crippen LogP contribution in [-0.2, 0) is 6.54 Å². The van der Waals surface area contributed by atoms with Gasteiger partial charge in [-0.25, -0.2) is 4.39 Å². The van der Waals surface area contributed by atoms with E-state index in [1.165, 1.54) is 18.2 Å². The highest BCUT2D eigenvalue weighted by atomic mass is 35.5. The van der Waals surface area contributed by atoms with Crippen molar-refractivity contribution in [1.82, 2.24) is 5.32 Å². The molecule has 2 nitrogen and oxygen atoms in total. The van der Waals surface area contributed by atoms with E-state index < -0.39 is 5.82 Å². The first-order valence-corrected chi connectivity index (χ1v) is 6.97. The molecule has 0 atom stereocenters. The summed E-state index contributed by atoms with van der Waals surface area (Å²) >= 11 is 12.1. The van der Waals surface area contributed by atoms with Crippen LogP contribution in [-0.4, -0.2) is 6.54 Å². The van der Waals surface area contributed by atoms with Crippen LogP contribution in [0.3, 0.4) is 0 Å². The number of hydrogen-bond acceptors (Lipinski definition) is 2. The van der Waals surface area contributed by atoms with Gasteiger partial charge in [-0.1, -0.05) is 36.2 Å². The molecule has 2 rings (SSSR count). The Balaban J connectivity index is 2.17. The first kappa shape index (κ1) is 15.1. The topological polar surface area (TPSA) is 21.3 Å². The van der Waals surface area contributed by atoms with Gasteiger partial charge in [0.1, 0.15) is 17.3 Å². The van der Waals surface area contributed by atoms with E-state index in [2.05, 4.69) is 5.32 Å². The molecule has 0 saturated carbocycles. The highest BCUT2D eigenvalue weighted by molar-refractivity contribution is 6.32. The lowest BCUT2D eigenvalue weighted by atomic mass is 10.2. The number of benzene rings is 2. The second-order valence-corrected chi connectivity index (χ2v) is 5.04. The number of halogens is 3. The van der Waals surface area contributed by atoms with E-state index in [9.17, 15) is 4.39 Å². The zero-order valence-corrected chi connectivity index (χ0v) is 12.4. The molecule has 0 aliphatic rings. The maximum atomic E-state index is 13.0. The Hall–Kier alpha value is -1.29. The minimum atomic E-state index is -0.408. The molecule has 0 bridgehead atoms. The van der Waals surface area contributed by atoms with E-state index in [1.807, 2.05) is 19.1 Å². The average molecular weight is 314 g/mol. The van der Waals surface area contributed by atoms with Crippen molar-refractivity contribution >= 4 is 23.2 Å². The van der Waals surface area contributed by atoms with Gasteiger partial charge in [0.2, 0.25) is 0 Å². The maximum absolute atomic E-state index is 13.0. The number of ether oxygens (including phenoxy) is 1. The Labute approximate surface area is 127 Å². The molecule has 0 heterocycles. The van der Waals surface area contributed by atoms with Crippen LogP contribution in [0.15, 0.2) is 36.4 Å². The van der Waals surface area contributed by atoms with E-state index in [-0.39, 0.29) is 5.02 Å². The van der Waals surface area contributed by atoms with Crippen LogP contribution >= 0.6 is 23.2 Å². The van der Waals surface area contributed by atoms with Crippen molar-refractivity contribution in [3.63, 3.8) is 0 Å². The van der Waals surface area contributed by atoms with E-state index in [4.69, 9.17) is 27.9 Å². The molecule has 0 unspecified atom stereocenters. The van der Waals surface area contributed by atoms with Gasteiger partial charge in [-0.3, -0.25) is 0 Å². The Bertz CT molecular complexity index is 604. The van der Waals surface area contributed by atoms with Gasteiger partial charge in [-0.2, -0.15) is 0 Å². The second-order valence-electron chi connectivity index (χ2n) is 4.22. The summed E-state index contributed by atoms with van der Waals surface area (Å²) in [7, 11) is 0. The van der Waals surface area contributed by atoms with Gasteiger partial charge in [-0.15, -0.1) is 0 Å². The second kappa shape index (κ2) is 6.93. The van der Waals surface area contributed by atoms with E-state index in [1.54, 1.807) is 6.07 Å². The van der Waals surface area contributed by atoms with Crippen LogP contribution < -0.4 is 10.1 Å². The van der Waals surface area contributed by atoms with Crippen molar-refractivity contribution < 1.29 is 9.13 Å². The molecule has 1 N–H and O–H groups in total. The van der Waals surface area contributed by atoms with Gasteiger partial charge >= 0.3 is 0 Å². The SMILES string of the molecule is CCNCc1ccc(Oc2ccc(F)cc2Cl)c(Cl)c1. The molecule has 0 saturated heterocycles. The lowest BCUT2D eigenvalue weighted by molar-refractivity contribution is 0.481. The van der Waals surface area contributed by atoms with E-state index in [0.29, 0.717) is 16.5 Å². The third-order valence-corrected chi connectivity index (χ3v) is 3.28. The van der Waals surface area contributed by atoms with Crippen molar-refractivity contribution in [3.8, 4) is 11.5 Å². The van der Waals surface area contributed by atoms with Gasteiger partial charge in [0.25, 0.3) is 0 Å². The lowest BCUT2D eigenvalue weighted by Crippen LogP contribution is -2.11. The standard InChI is InChI=1S/C15H14Cl2FNO/c1-2-19-9-10-3-5-14(12(16)7-10)20-15-6-4-11(18)8-13(15)17/h3-8,19H,2,9H2,1H3. The van der Waals surface area contributed by atoms with Crippen LogP contribution in [0.1, 0.15) is 12.5 Å². The summed E-state index contributed by atoms with van der Waals surface area (Å²) in [6.07, 6.45) is 0. The first-order chi connectivity index (χ1) is 9.60. The number of nitrogens with one attached hydrogen (secondary N) is 1. The van der Waals surface area contributed by atoms with Crippen LogP contribution in [0.4, 0.5) is 4.39 Å². The van der Waals surface area contributed by atoms with Crippen LogP contribution in [0.25, 0.3) is 0 Å². The summed E-state index contributed by atoms with van der Waals surface area (Å²) < 4.78 is 18.6. The maximum Gasteiger partial charge on any atom is 0.146 e. The average Bonchev–Trinajstić information content (AvgIpc) is 2.42. The van der Waals surface area contributed by atoms with E-state index in [0.717, 1.165) is 18.7 Å². The fourth-order valence-corrected chi connectivity index (χ4v) is 2.13. The molecule has 20 heavy (non-hydrogen) atoms. The van der Waals surface area contributed by atoms with E-state index >= 15 is 0 Å². The molecule has 2 aromatic rings. The van der Waals surface area contributed by atoms with Crippen LogP contribution in [0.5, 0.6) is 11.5 Å². The molecule has 0 spiro atoms. The van der Waals surface area contributed by atoms with Gasteiger partial charge < -0.3 is 10.1 Å². The Kier molecular flexibility index (Phi) is 5.24. The Morgan fingerprint density at radius 2 is 1.70 bits per heavy atom. The fourth-order valence-electron chi connectivity index (χ4n) is 1.68. The lowest BCUT2D eigenvalue weighted by Gasteiger charge is -2.10. The fraction of sp³-hybridized carbons (Fsp3) is 0.200. The molecule has 5 heteroatoms. The molecule has 0 aromatic heterocycles.